The first-order chi connectivity index (χ1) is 13.2. The molecule has 27 heavy (non-hydrogen) atoms. The fraction of sp³-hybridized carbons (Fsp3) is 0.500. The lowest BCUT2D eigenvalue weighted by Crippen LogP contribution is -2.36. The summed E-state index contributed by atoms with van der Waals surface area (Å²) in [5.41, 5.74) is 0.815. The van der Waals surface area contributed by atoms with Gasteiger partial charge in [0.1, 0.15) is 0 Å². The Morgan fingerprint density at radius 2 is 2.30 bits per heavy atom. The summed E-state index contributed by atoms with van der Waals surface area (Å²) < 4.78 is 17.2. The summed E-state index contributed by atoms with van der Waals surface area (Å²) in [6.45, 7) is 2.79. The number of nitrogens with one attached hydrogen (secondary N) is 2. The molecule has 1 atom stereocenters. The number of urea groups is 1. The first-order valence-electron chi connectivity index (χ1n) is 9.00. The molecule has 2 amide bonds. The van der Waals surface area contributed by atoms with Crippen molar-refractivity contribution in [3.8, 4) is 11.5 Å². The van der Waals surface area contributed by atoms with E-state index in [1.165, 1.54) is 0 Å². The Hall–Kier alpha value is -1.97. The van der Waals surface area contributed by atoms with Crippen molar-refractivity contribution in [3.63, 3.8) is 0 Å². The number of halogens is 1. The number of benzene rings is 1. The van der Waals surface area contributed by atoms with E-state index in [-0.39, 0.29) is 18.7 Å². The van der Waals surface area contributed by atoms with Crippen LogP contribution in [0.4, 0.5) is 4.79 Å². The third kappa shape index (κ3) is 6.60. The Morgan fingerprint density at radius 3 is 3.11 bits per heavy atom. The van der Waals surface area contributed by atoms with E-state index < -0.39 is 0 Å². The van der Waals surface area contributed by atoms with E-state index in [2.05, 4.69) is 36.7 Å². The van der Waals surface area contributed by atoms with Gasteiger partial charge in [-0.05, 0) is 37.5 Å². The van der Waals surface area contributed by atoms with Gasteiger partial charge in [0.05, 0.1) is 19.3 Å². The smallest absolute Gasteiger partial charge is 0.315 e. The number of amides is 2. The monoisotopic (exact) mass is 438 g/mol. The molecule has 1 saturated heterocycles. The fourth-order valence-corrected chi connectivity index (χ4v) is 3.05. The second kappa shape index (κ2) is 10.4. The summed E-state index contributed by atoms with van der Waals surface area (Å²) in [6.07, 6.45) is 3.16. The lowest BCUT2D eigenvalue weighted by molar-refractivity contribution is 0.0168. The molecule has 1 aliphatic rings. The summed E-state index contributed by atoms with van der Waals surface area (Å²) >= 11 is 3.40. The highest BCUT2D eigenvalue weighted by molar-refractivity contribution is 9.10. The van der Waals surface area contributed by atoms with Crippen LogP contribution in [0.15, 0.2) is 33.3 Å². The molecule has 1 aliphatic heterocycles. The molecular weight excluding hydrogens is 416 g/mol. The molecule has 2 N–H and O–H groups in total. The fourth-order valence-electron chi connectivity index (χ4n) is 2.65. The highest BCUT2D eigenvalue weighted by Gasteiger charge is 2.15. The van der Waals surface area contributed by atoms with Gasteiger partial charge in [0.15, 0.2) is 5.82 Å². The molecule has 3 rings (SSSR count). The average Bonchev–Trinajstić information content (AvgIpc) is 3.35. The number of ether oxygens (including phenoxy) is 2. The minimum absolute atomic E-state index is 0.193. The van der Waals surface area contributed by atoms with Crippen molar-refractivity contribution in [2.75, 3.05) is 26.4 Å². The van der Waals surface area contributed by atoms with E-state index in [0.29, 0.717) is 31.5 Å². The van der Waals surface area contributed by atoms with Crippen LogP contribution in [-0.4, -0.2) is 48.6 Å². The summed E-state index contributed by atoms with van der Waals surface area (Å²) in [5, 5.41) is 9.36. The number of hydrogen-bond acceptors (Lipinski definition) is 6. The average molecular weight is 439 g/mol. The van der Waals surface area contributed by atoms with Gasteiger partial charge in [-0.25, -0.2) is 4.79 Å². The molecule has 1 aromatic carbocycles. The SMILES string of the molecule is O=C(NCCCOC[C@@H]1CCCO1)NCc1noc(-c2cccc(Br)c2)n1. The third-order valence-corrected chi connectivity index (χ3v) is 4.52. The number of rotatable bonds is 9. The van der Waals surface area contributed by atoms with Crippen LogP contribution in [0.1, 0.15) is 25.1 Å². The maximum atomic E-state index is 11.8. The first-order valence-corrected chi connectivity index (χ1v) is 9.79. The third-order valence-electron chi connectivity index (χ3n) is 4.03. The predicted octanol–water partition coefficient (Wildman–Crippen LogP) is 2.88. The van der Waals surface area contributed by atoms with Gasteiger partial charge in [-0.15, -0.1) is 0 Å². The van der Waals surface area contributed by atoms with E-state index in [1.54, 1.807) is 0 Å². The summed E-state index contributed by atoms with van der Waals surface area (Å²) in [6, 6.07) is 7.30. The van der Waals surface area contributed by atoms with Crippen LogP contribution in [0.3, 0.4) is 0 Å². The zero-order valence-corrected chi connectivity index (χ0v) is 16.5. The topological polar surface area (TPSA) is 98.5 Å². The number of aromatic nitrogens is 2. The molecule has 0 unspecified atom stereocenters. The minimum Gasteiger partial charge on any atom is -0.379 e. The van der Waals surface area contributed by atoms with Gasteiger partial charge in [0.2, 0.25) is 0 Å². The second-order valence-electron chi connectivity index (χ2n) is 6.20. The second-order valence-corrected chi connectivity index (χ2v) is 7.11. The minimum atomic E-state index is -0.275. The first kappa shape index (κ1) is 19.8. The zero-order chi connectivity index (χ0) is 18.9. The van der Waals surface area contributed by atoms with Crippen LogP contribution in [0, 0.1) is 0 Å². The molecule has 1 fully saturated rings. The van der Waals surface area contributed by atoms with E-state index >= 15 is 0 Å². The molecule has 0 radical (unpaired) electrons. The molecule has 0 bridgehead atoms. The van der Waals surface area contributed by atoms with Gasteiger partial charge >= 0.3 is 6.03 Å². The van der Waals surface area contributed by atoms with Crippen molar-refractivity contribution in [2.24, 2.45) is 0 Å². The number of carbonyl (C=O) groups is 1. The highest BCUT2D eigenvalue weighted by atomic mass is 79.9. The summed E-state index contributed by atoms with van der Waals surface area (Å²) in [5.74, 6) is 0.830. The Morgan fingerprint density at radius 1 is 1.37 bits per heavy atom. The zero-order valence-electron chi connectivity index (χ0n) is 14.9. The number of carbonyl (C=O) groups excluding carboxylic acids is 1. The molecule has 8 nitrogen and oxygen atoms in total. The summed E-state index contributed by atoms with van der Waals surface area (Å²) in [4.78, 5) is 16.1. The quantitative estimate of drug-likeness (QED) is 0.583. The molecule has 146 valence electrons. The van der Waals surface area contributed by atoms with Gasteiger partial charge in [-0.2, -0.15) is 4.98 Å². The Labute approximate surface area is 166 Å². The van der Waals surface area contributed by atoms with E-state index in [1.807, 2.05) is 24.3 Å². The lowest BCUT2D eigenvalue weighted by Gasteiger charge is -2.10. The van der Waals surface area contributed by atoms with Crippen LogP contribution in [0.2, 0.25) is 0 Å². The van der Waals surface area contributed by atoms with Crippen molar-refractivity contribution < 1.29 is 18.8 Å². The van der Waals surface area contributed by atoms with Crippen LogP contribution in [-0.2, 0) is 16.0 Å². The van der Waals surface area contributed by atoms with Gasteiger partial charge in [-0.3, -0.25) is 0 Å². The number of hydrogen-bond donors (Lipinski definition) is 2. The van der Waals surface area contributed by atoms with E-state index in [9.17, 15) is 4.79 Å². The predicted molar refractivity (Wildman–Crippen MR) is 102 cm³/mol. The molecule has 2 aromatic rings. The van der Waals surface area contributed by atoms with Crippen LogP contribution >= 0.6 is 15.9 Å². The van der Waals surface area contributed by atoms with E-state index in [4.69, 9.17) is 14.0 Å². The molecule has 2 heterocycles. The van der Waals surface area contributed by atoms with Crippen LogP contribution < -0.4 is 10.6 Å². The largest absolute Gasteiger partial charge is 0.379 e. The van der Waals surface area contributed by atoms with Crippen LogP contribution in [0.25, 0.3) is 11.5 Å². The van der Waals surface area contributed by atoms with Gasteiger partial charge in [0, 0.05) is 29.8 Å². The summed E-state index contributed by atoms with van der Waals surface area (Å²) in [7, 11) is 0. The van der Waals surface area contributed by atoms with Crippen LogP contribution in [0.5, 0.6) is 0 Å². The van der Waals surface area contributed by atoms with Gasteiger partial charge < -0.3 is 24.6 Å². The van der Waals surface area contributed by atoms with E-state index in [0.717, 1.165) is 35.9 Å². The van der Waals surface area contributed by atoms with Crippen molar-refractivity contribution >= 4 is 22.0 Å². The van der Waals surface area contributed by atoms with Gasteiger partial charge in [0.25, 0.3) is 5.89 Å². The maximum absolute atomic E-state index is 11.8. The highest BCUT2D eigenvalue weighted by Crippen LogP contribution is 2.21. The Balaban J connectivity index is 1.29. The van der Waals surface area contributed by atoms with Crippen molar-refractivity contribution in [3.05, 3.63) is 34.6 Å². The molecular formula is C18H23BrN4O4. The lowest BCUT2D eigenvalue weighted by atomic mass is 10.2. The molecule has 0 spiro atoms. The maximum Gasteiger partial charge on any atom is 0.315 e. The molecule has 9 heteroatoms. The molecule has 1 aromatic heterocycles. The standard InChI is InChI=1S/C18H23BrN4O4/c19-14-5-1-4-13(10-14)17-22-16(23-27-17)11-21-18(24)20-7-3-8-25-12-15-6-2-9-26-15/h1,4-5,10,15H,2-3,6-9,11-12H2,(H2,20,21,24)/t15-/m0/s1. The van der Waals surface area contributed by atoms with Crippen molar-refractivity contribution in [1.29, 1.82) is 0 Å². The van der Waals surface area contributed by atoms with Crippen molar-refractivity contribution in [1.82, 2.24) is 20.8 Å². The Kier molecular flexibility index (Phi) is 7.61. The molecule has 0 saturated carbocycles. The van der Waals surface area contributed by atoms with Gasteiger partial charge in [-0.1, -0.05) is 27.2 Å². The molecule has 0 aliphatic carbocycles. The van der Waals surface area contributed by atoms with Crippen molar-refractivity contribution in [2.45, 2.75) is 31.9 Å². The number of nitrogens with zero attached hydrogens (tertiary/aromatic N) is 2. The Bertz CT molecular complexity index is 734. The normalized spacial score (nSPS) is 16.4.